The lowest BCUT2D eigenvalue weighted by Gasteiger charge is -2.33. The van der Waals surface area contributed by atoms with Gasteiger partial charge in [-0.1, -0.05) is 122 Å². The summed E-state index contributed by atoms with van der Waals surface area (Å²) in [7, 11) is 6.47. The fraction of sp³-hybridized carbons (Fsp3) is 0.558. The summed E-state index contributed by atoms with van der Waals surface area (Å²) < 4.78 is 21.6. The van der Waals surface area contributed by atoms with Gasteiger partial charge in [0.2, 0.25) is 0 Å². The Hall–Kier alpha value is -3.62. The number of thioether (sulfide) groups is 1. The van der Waals surface area contributed by atoms with Crippen LogP contribution in [0.5, 0.6) is 5.75 Å². The number of rotatable bonds is 18. The fourth-order valence-corrected chi connectivity index (χ4v) is 11.8. The molecule has 0 amide bonds. The highest BCUT2D eigenvalue weighted by atomic mass is 35.5. The van der Waals surface area contributed by atoms with E-state index < -0.39 is 23.1 Å². The number of carbonyl (C=O) groups is 2. The molecule has 0 bridgehead atoms. The molecule has 0 spiro atoms. The largest absolute Gasteiger partial charge is 0.492 e. The molecule has 4 fully saturated rings. The molecular weight excluding hydrogens is 896 g/mol. The van der Waals surface area contributed by atoms with Gasteiger partial charge in [-0.05, 0) is 48.9 Å². The summed E-state index contributed by atoms with van der Waals surface area (Å²) in [6.45, 7) is 6.09. The maximum atomic E-state index is 13.4. The van der Waals surface area contributed by atoms with Crippen LogP contribution in [0.1, 0.15) is 88.2 Å². The van der Waals surface area contributed by atoms with Gasteiger partial charge in [-0.25, -0.2) is 14.6 Å². The molecular formula is C52H72Cl2N4O7S+2. The molecule has 4 aromatic rings. The molecule has 0 radical (unpaired) electrons. The molecule has 14 heteroatoms. The van der Waals surface area contributed by atoms with Crippen LogP contribution in [0.15, 0.2) is 102 Å². The van der Waals surface area contributed by atoms with E-state index in [1.807, 2.05) is 109 Å². The molecule has 3 aromatic carbocycles. The van der Waals surface area contributed by atoms with Gasteiger partial charge in [0.15, 0.2) is 28.6 Å². The smallest absolute Gasteiger partial charge is 0.343 e. The molecule has 2 aliphatic carbocycles. The number of hydrogen-bond donors (Lipinski definition) is 2. The Labute approximate surface area is 407 Å². The highest BCUT2D eigenvalue weighted by Gasteiger charge is 2.51. The van der Waals surface area contributed by atoms with Crippen LogP contribution in [0.25, 0.3) is 0 Å². The van der Waals surface area contributed by atoms with Crippen LogP contribution in [-0.2, 0) is 37.3 Å². The van der Waals surface area contributed by atoms with E-state index >= 15 is 0 Å². The molecule has 11 nitrogen and oxygen atoms in total. The van der Waals surface area contributed by atoms with Gasteiger partial charge >= 0.3 is 11.9 Å². The first kappa shape index (κ1) is 51.8. The lowest BCUT2D eigenvalue weighted by Crippen LogP contribution is -2.47. The first-order chi connectivity index (χ1) is 31.3. The number of aliphatic hydroxyl groups is 2. The van der Waals surface area contributed by atoms with Crippen LogP contribution in [0.4, 0.5) is 0 Å². The number of benzene rings is 3. The summed E-state index contributed by atoms with van der Waals surface area (Å²) in [5.41, 5.74) is -1.79. The van der Waals surface area contributed by atoms with E-state index in [-0.39, 0.29) is 36.5 Å². The highest BCUT2D eigenvalue weighted by molar-refractivity contribution is 7.99. The first-order valence-corrected chi connectivity index (χ1v) is 25.3. The third kappa shape index (κ3) is 12.7. The average molecular weight is 968 g/mol. The molecule has 360 valence electrons. The normalized spacial score (nSPS) is 24.9. The number of imidazole rings is 1. The zero-order valence-corrected chi connectivity index (χ0v) is 41.5. The third-order valence-corrected chi connectivity index (χ3v) is 16.0. The molecule has 66 heavy (non-hydrogen) atoms. The van der Waals surface area contributed by atoms with E-state index in [1.54, 1.807) is 11.8 Å². The fourth-order valence-electron chi connectivity index (χ4n) is 10.7. The molecule has 3 unspecified atom stereocenters. The van der Waals surface area contributed by atoms with Gasteiger partial charge in [-0.2, -0.15) is 0 Å². The number of esters is 2. The monoisotopic (exact) mass is 966 g/mol. The number of quaternary nitrogens is 2. The number of likely N-dealkylation sites (tertiary alicyclic amines) is 2. The van der Waals surface area contributed by atoms with Gasteiger partial charge in [0.25, 0.3) is 0 Å². The summed E-state index contributed by atoms with van der Waals surface area (Å²) in [6, 6.07) is 26.2. The first-order valence-electron chi connectivity index (χ1n) is 23.9. The summed E-state index contributed by atoms with van der Waals surface area (Å²) in [5.74, 6) is 0.639. The Morgan fingerprint density at radius 2 is 1.20 bits per heavy atom. The van der Waals surface area contributed by atoms with Gasteiger partial charge < -0.3 is 38.0 Å². The van der Waals surface area contributed by atoms with E-state index in [2.05, 4.69) is 19.1 Å². The van der Waals surface area contributed by atoms with Crippen molar-refractivity contribution in [2.75, 3.05) is 65.7 Å². The summed E-state index contributed by atoms with van der Waals surface area (Å²) in [6.07, 6.45) is 14.8. The Morgan fingerprint density at radius 1 is 0.727 bits per heavy atom. The van der Waals surface area contributed by atoms with Gasteiger partial charge in [-0.3, -0.25) is 0 Å². The number of hydrogen-bond acceptors (Lipinski definition) is 9. The summed E-state index contributed by atoms with van der Waals surface area (Å²) in [4.78, 5) is 31.1. The number of halogens is 2. The minimum Gasteiger partial charge on any atom is -0.492 e. The second-order valence-electron chi connectivity index (χ2n) is 19.5. The maximum Gasteiger partial charge on any atom is 0.343 e. The predicted octanol–water partition coefficient (Wildman–Crippen LogP) is 9.11. The van der Waals surface area contributed by atoms with E-state index in [1.165, 1.54) is 0 Å². The van der Waals surface area contributed by atoms with Crippen molar-refractivity contribution in [2.45, 2.75) is 106 Å². The van der Waals surface area contributed by atoms with Crippen molar-refractivity contribution in [3.05, 3.63) is 113 Å². The highest BCUT2D eigenvalue weighted by Crippen LogP contribution is 2.43. The van der Waals surface area contributed by atoms with E-state index in [0.29, 0.717) is 28.5 Å². The zero-order chi connectivity index (χ0) is 45.9. The van der Waals surface area contributed by atoms with Gasteiger partial charge in [-0.15, -0.1) is 12.4 Å². The van der Waals surface area contributed by atoms with Crippen LogP contribution in [0, 0.1) is 11.8 Å². The topological polar surface area (TPSA) is 120 Å². The zero-order valence-electron chi connectivity index (χ0n) is 39.1. The Bertz CT molecular complexity index is 2140. The molecule has 1 aromatic heterocycles. The van der Waals surface area contributed by atoms with E-state index in [9.17, 15) is 19.8 Å². The van der Waals surface area contributed by atoms with Crippen molar-refractivity contribution < 1.29 is 43.0 Å². The van der Waals surface area contributed by atoms with Crippen LogP contribution in [-0.4, -0.2) is 119 Å². The van der Waals surface area contributed by atoms with Crippen molar-refractivity contribution >= 4 is 47.7 Å². The van der Waals surface area contributed by atoms with E-state index in [4.69, 9.17) is 25.8 Å². The van der Waals surface area contributed by atoms with Gasteiger partial charge in [0.1, 0.15) is 18.8 Å². The third-order valence-electron chi connectivity index (χ3n) is 14.5. The number of para-hydroxylation sites is 1. The minimum atomic E-state index is -1.56. The Kier molecular flexibility index (Phi) is 18.5. The number of carbonyl (C=O) groups excluding carboxylic acids is 2. The van der Waals surface area contributed by atoms with Gasteiger partial charge in [0, 0.05) is 62.7 Å². The van der Waals surface area contributed by atoms with Crippen molar-refractivity contribution in [1.29, 1.82) is 0 Å². The maximum absolute atomic E-state index is 13.4. The average Bonchev–Trinajstić information content (AvgIpc) is 4.19. The van der Waals surface area contributed by atoms with Crippen LogP contribution >= 0.6 is 35.8 Å². The van der Waals surface area contributed by atoms with Crippen molar-refractivity contribution in [2.24, 2.45) is 18.9 Å². The van der Waals surface area contributed by atoms with Crippen LogP contribution in [0.2, 0.25) is 5.02 Å². The second-order valence-corrected chi connectivity index (χ2v) is 21.0. The minimum absolute atomic E-state index is 0. The van der Waals surface area contributed by atoms with Crippen molar-refractivity contribution in [3.63, 3.8) is 0 Å². The molecule has 3 heterocycles. The molecule has 2 saturated carbocycles. The molecule has 6 atom stereocenters. The summed E-state index contributed by atoms with van der Waals surface area (Å²) in [5, 5.41) is 24.9. The molecule has 4 aliphatic rings. The molecule has 2 aliphatic heterocycles. The molecule has 8 rings (SSSR count). The van der Waals surface area contributed by atoms with Crippen molar-refractivity contribution in [1.82, 2.24) is 9.55 Å². The summed E-state index contributed by atoms with van der Waals surface area (Å²) >= 11 is 7.94. The molecule has 2 N–H and O–H groups in total. The molecule has 2 saturated heterocycles. The SMILES string of the molecule is C[N+]1(CCCOc2ccccc2Cl)CCC(OC(=O)[C@](O)(c2ccccc2)C2CCCC2)C1.Cl.Cn1ccnc1SCCC[N+]1(C)CC[C@@H](OC(=O)[C@](O)(c2ccccc2)C2CCCC2)C1. The van der Waals surface area contributed by atoms with E-state index in [0.717, 1.165) is 136 Å². The standard InChI is InChI=1S/C27H35ClNO4.C25H36N3O3S.ClH/c1-29(17-9-19-32-25-15-8-7-14-24(25)28)18-16-23(20-29)33-26(30)27(31,22-12-5-6-13-22)21-10-3-2-4-11-21;1-27-15-14-26-24(27)32-18-8-16-28(2)17-13-22(19-28)31-23(29)25(30,21-11-6-7-12-21)20-9-4-3-5-10-20;/h2-4,7-8,10-11,14-15,22-23,31H,5-6,9,12-13,16-20H2,1H3;3-5,9-10,14-15,21-22,30H,6-8,11-13,16-19H2,1-2H3;1H/q2*+1;/t23?,27-,29?;22-,25+,28?;/m01./s1. The predicted molar refractivity (Wildman–Crippen MR) is 263 cm³/mol. The quantitative estimate of drug-likeness (QED) is 0.0436. The van der Waals surface area contributed by atoms with Crippen molar-refractivity contribution in [3.8, 4) is 5.75 Å². The Morgan fingerprint density at radius 3 is 1.67 bits per heavy atom. The number of ether oxygens (including phenoxy) is 3. The Balaban J connectivity index is 0.000000215. The van der Waals surface area contributed by atoms with Crippen LogP contribution < -0.4 is 4.74 Å². The number of likely N-dealkylation sites (N-methyl/N-ethyl adjacent to an activating group) is 2. The second kappa shape index (κ2) is 23.6. The number of aromatic nitrogens is 2. The van der Waals surface area contributed by atoms with Crippen LogP contribution in [0.3, 0.4) is 0 Å². The number of nitrogens with zero attached hydrogens (tertiary/aromatic N) is 4. The van der Waals surface area contributed by atoms with Gasteiger partial charge in [0.05, 0.1) is 51.9 Å². The lowest BCUT2D eigenvalue weighted by molar-refractivity contribution is -0.899. The number of aryl methyl sites for hydroxylation is 1. The lowest BCUT2D eigenvalue weighted by atomic mass is 9.80.